The zero-order valence-corrected chi connectivity index (χ0v) is 18.4. The first kappa shape index (κ1) is 22.2. The minimum absolute atomic E-state index is 0.0868. The summed E-state index contributed by atoms with van der Waals surface area (Å²) in [6.07, 6.45) is 2.33. The Balaban J connectivity index is 1.64. The molecule has 1 heterocycles. The minimum Gasteiger partial charge on any atom is -0.497 e. The van der Waals surface area contributed by atoms with Gasteiger partial charge in [0.1, 0.15) is 17.2 Å². The number of urea groups is 1. The van der Waals surface area contributed by atoms with E-state index in [0.717, 1.165) is 22.6 Å². The van der Waals surface area contributed by atoms with Crippen molar-refractivity contribution in [1.82, 2.24) is 10.3 Å². The van der Waals surface area contributed by atoms with Gasteiger partial charge in [-0.2, -0.15) is 0 Å². The number of nitrogens with zero attached hydrogens (tertiary/aromatic N) is 1. The van der Waals surface area contributed by atoms with Crippen molar-refractivity contribution in [3.63, 3.8) is 0 Å². The molecular weight excluding hydrogens is 390 g/mol. The highest BCUT2D eigenvalue weighted by atomic mass is 16.5. The Bertz CT molecular complexity index is 1030. The lowest BCUT2D eigenvalue weighted by Gasteiger charge is -2.22. The molecule has 0 atom stereocenters. The average molecular weight is 420 g/mol. The highest BCUT2D eigenvalue weighted by Crippen LogP contribution is 2.35. The number of carbonyl (C=O) groups is 1. The summed E-state index contributed by atoms with van der Waals surface area (Å²) < 4.78 is 11.3. The average Bonchev–Trinajstić information content (AvgIpc) is 2.75. The highest BCUT2D eigenvalue weighted by Gasteiger charge is 2.20. The van der Waals surface area contributed by atoms with Crippen molar-refractivity contribution in [3.8, 4) is 17.4 Å². The third-order valence-electron chi connectivity index (χ3n) is 4.75. The quantitative estimate of drug-likeness (QED) is 0.527. The number of ether oxygens (including phenoxy) is 2. The number of hydrogen-bond donors (Lipinski definition) is 2. The lowest BCUT2D eigenvalue weighted by Crippen LogP contribution is -2.30. The Morgan fingerprint density at radius 1 is 1.03 bits per heavy atom. The van der Waals surface area contributed by atoms with Gasteiger partial charge in [0, 0.05) is 18.3 Å². The summed E-state index contributed by atoms with van der Waals surface area (Å²) >= 11 is 0. The van der Waals surface area contributed by atoms with Crippen molar-refractivity contribution in [2.24, 2.45) is 0 Å². The van der Waals surface area contributed by atoms with Crippen LogP contribution in [0.3, 0.4) is 0 Å². The van der Waals surface area contributed by atoms with E-state index in [0.29, 0.717) is 24.5 Å². The molecule has 0 saturated carbocycles. The van der Waals surface area contributed by atoms with E-state index in [1.54, 1.807) is 25.4 Å². The second-order valence-electron chi connectivity index (χ2n) is 8.19. The maximum absolute atomic E-state index is 12.4. The fraction of sp³-hybridized carbons (Fsp3) is 0.280. The van der Waals surface area contributed by atoms with Crippen molar-refractivity contribution in [2.45, 2.75) is 32.6 Å². The van der Waals surface area contributed by atoms with Gasteiger partial charge < -0.3 is 20.1 Å². The SMILES string of the molecule is COc1cccc(CCNC(=O)Nc2cccnc2Oc2ccccc2C(C)(C)C)c1. The fourth-order valence-corrected chi connectivity index (χ4v) is 3.16. The molecule has 0 bridgehead atoms. The molecule has 1 aromatic heterocycles. The molecule has 6 nitrogen and oxygen atoms in total. The number of anilines is 1. The zero-order valence-electron chi connectivity index (χ0n) is 18.4. The number of rotatable bonds is 7. The number of carbonyl (C=O) groups excluding carboxylic acids is 1. The molecule has 3 aromatic rings. The van der Waals surface area contributed by atoms with Crippen molar-refractivity contribution in [1.29, 1.82) is 0 Å². The summed E-state index contributed by atoms with van der Waals surface area (Å²) in [4.78, 5) is 16.7. The molecule has 162 valence electrons. The number of methoxy groups -OCH3 is 1. The molecule has 2 amide bonds. The van der Waals surface area contributed by atoms with E-state index in [-0.39, 0.29) is 11.4 Å². The Morgan fingerprint density at radius 2 is 1.84 bits per heavy atom. The van der Waals surface area contributed by atoms with Gasteiger partial charge in [0.15, 0.2) is 0 Å². The first-order valence-electron chi connectivity index (χ1n) is 10.3. The van der Waals surface area contributed by atoms with Crippen LogP contribution in [0.5, 0.6) is 17.4 Å². The third kappa shape index (κ3) is 6.22. The summed E-state index contributed by atoms with van der Waals surface area (Å²) in [6, 6.07) is 18.9. The minimum atomic E-state index is -0.315. The van der Waals surface area contributed by atoms with Gasteiger partial charge in [-0.3, -0.25) is 0 Å². The number of benzene rings is 2. The normalized spacial score (nSPS) is 11.0. The molecule has 0 aliphatic rings. The van der Waals surface area contributed by atoms with E-state index < -0.39 is 0 Å². The van der Waals surface area contributed by atoms with Crippen molar-refractivity contribution in [2.75, 3.05) is 19.0 Å². The van der Waals surface area contributed by atoms with Crippen LogP contribution in [0.1, 0.15) is 31.9 Å². The van der Waals surface area contributed by atoms with E-state index in [1.165, 1.54) is 0 Å². The molecule has 0 saturated heterocycles. The number of nitrogens with one attached hydrogen (secondary N) is 2. The van der Waals surface area contributed by atoms with Gasteiger partial charge in [-0.1, -0.05) is 51.1 Å². The maximum Gasteiger partial charge on any atom is 0.319 e. The standard InChI is InChI=1S/C25H29N3O3/c1-25(2,3)20-11-5-6-13-22(20)31-23-21(12-8-15-26-23)28-24(29)27-16-14-18-9-7-10-19(17-18)30-4/h5-13,15,17H,14,16H2,1-4H3,(H2,27,28,29). The van der Waals surface area contributed by atoms with E-state index in [2.05, 4.69) is 36.4 Å². The topological polar surface area (TPSA) is 72.5 Å². The monoisotopic (exact) mass is 419 g/mol. The van der Waals surface area contributed by atoms with Gasteiger partial charge in [0.2, 0.25) is 5.88 Å². The molecule has 2 aromatic carbocycles. The smallest absolute Gasteiger partial charge is 0.319 e. The molecule has 0 aliphatic heterocycles. The van der Waals surface area contributed by atoms with Gasteiger partial charge in [-0.15, -0.1) is 0 Å². The predicted molar refractivity (Wildman–Crippen MR) is 123 cm³/mol. The van der Waals surface area contributed by atoms with Crippen LogP contribution >= 0.6 is 0 Å². The highest BCUT2D eigenvalue weighted by molar-refractivity contribution is 5.90. The summed E-state index contributed by atoms with van der Waals surface area (Å²) in [5.41, 5.74) is 2.57. The van der Waals surface area contributed by atoms with Crippen LogP contribution in [0, 0.1) is 0 Å². The zero-order chi connectivity index (χ0) is 22.3. The number of aromatic nitrogens is 1. The first-order chi connectivity index (χ1) is 14.9. The molecule has 6 heteroatoms. The lowest BCUT2D eigenvalue weighted by molar-refractivity contribution is 0.252. The van der Waals surface area contributed by atoms with E-state index >= 15 is 0 Å². The second kappa shape index (κ2) is 9.98. The van der Waals surface area contributed by atoms with Crippen LogP contribution in [0.15, 0.2) is 66.9 Å². The second-order valence-corrected chi connectivity index (χ2v) is 8.19. The van der Waals surface area contributed by atoms with Gasteiger partial charge in [0.05, 0.1) is 7.11 Å². The predicted octanol–water partition coefficient (Wildman–Crippen LogP) is 5.54. The van der Waals surface area contributed by atoms with E-state index in [1.807, 2.05) is 48.5 Å². The summed E-state index contributed by atoms with van der Waals surface area (Å²) in [7, 11) is 1.64. The fourth-order valence-electron chi connectivity index (χ4n) is 3.16. The van der Waals surface area contributed by atoms with Crippen LogP contribution < -0.4 is 20.1 Å². The number of hydrogen-bond acceptors (Lipinski definition) is 4. The van der Waals surface area contributed by atoms with Crippen LogP contribution in [0.4, 0.5) is 10.5 Å². The summed E-state index contributed by atoms with van der Waals surface area (Å²) in [6.45, 7) is 6.87. The first-order valence-corrected chi connectivity index (χ1v) is 10.3. The van der Waals surface area contributed by atoms with E-state index in [9.17, 15) is 4.79 Å². The molecule has 31 heavy (non-hydrogen) atoms. The Morgan fingerprint density at radius 3 is 2.61 bits per heavy atom. The largest absolute Gasteiger partial charge is 0.497 e. The Hall–Kier alpha value is -3.54. The summed E-state index contributed by atoms with van der Waals surface area (Å²) in [5, 5.41) is 5.71. The molecule has 3 rings (SSSR count). The van der Waals surface area contributed by atoms with Gasteiger partial charge in [0.25, 0.3) is 0 Å². The van der Waals surface area contributed by atoms with Gasteiger partial charge in [-0.25, -0.2) is 9.78 Å². The number of amides is 2. The maximum atomic E-state index is 12.4. The molecule has 0 fully saturated rings. The van der Waals surface area contributed by atoms with Crippen LogP contribution in [-0.4, -0.2) is 24.7 Å². The molecule has 0 unspecified atom stereocenters. The van der Waals surface area contributed by atoms with Crippen LogP contribution in [-0.2, 0) is 11.8 Å². The molecule has 0 aliphatic carbocycles. The Labute approximate surface area is 183 Å². The van der Waals surface area contributed by atoms with Crippen molar-refractivity contribution >= 4 is 11.7 Å². The number of para-hydroxylation sites is 1. The van der Waals surface area contributed by atoms with E-state index in [4.69, 9.17) is 9.47 Å². The molecule has 2 N–H and O–H groups in total. The summed E-state index contributed by atoms with van der Waals surface area (Å²) in [5.74, 6) is 1.87. The van der Waals surface area contributed by atoms with Gasteiger partial charge in [-0.05, 0) is 47.7 Å². The molecular formula is C25H29N3O3. The lowest BCUT2D eigenvalue weighted by atomic mass is 9.86. The van der Waals surface area contributed by atoms with Crippen molar-refractivity contribution in [3.05, 3.63) is 78.0 Å². The Kier molecular flexibility index (Phi) is 7.13. The number of pyridine rings is 1. The van der Waals surface area contributed by atoms with Gasteiger partial charge >= 0.3 is 6.03 Å². The molecule has 0 radical (unpaired) electrons. The van der Waals surface area contributed by atoms with Crippen LogP contribution in [0.25, 0.3) is 0 Å². The molecule has 0 spiro atoms. The third-order valence-corrected chi connectivity index (χ3v) is 4.75. The van der Waals surface area contributed by atoms with Crippen molar-refractivity contribution < 1.29 is 14.3 Å². The van der Waals surface area contributed by atoms with Crippen LogP contribution in [0.2, 0.25) is 0 Å².